The molecule has 2 aliphatic heterocycles. The van der Waals surface area contributed by atoms with Crippen molar-refractivity contribution >= 4 is 41.0 Å². The maximum absolute atomic E-state index is 5.51. The molecule has 18 heavy (non-hydrogen) atoms. The van der Waals surface area contributed by atoms with E-state index in [9.17, 15) is 0 Å². The van der Waals surface area contributed by atoms with E-state index in [0.29, 0.717) is 18.2 Å². The summed E-state index contributed by atoms with van der Waals surface area (Å²) in [5.74, 6) is 1.34. The highest BCUT2D eigenvalue weighted by Crippen LogP contribution is 2.33. The summed E-state index contributed by atoms with van der Waals surface area (Å²) in [4.78, 5) is 6.61. The van der Waals surface area contributed by atoms with Crippen LogP contribution in [0, 0.1) is 0 Å². The van der Waals surface area contributed by atoms with Crippen LogP contribution in [0.5, 0.6) is 0 Å². The normalized spacial score (nSPS) is 17.2. The number of fused-ring (bicyclic) bond motifs is 2. The van der Waals surface area contributed by atoms with Crippen molar-refractivity contribution < 1.29 is 4.74 Å². The number of anilines is 1. The standard InChI is InChI=1S/C12H12N4OS/c1-3-17-12-10-11(14-18-15-12)16(2)9-7-5-4-6-8(9)13-10/h4-7H,3H2,1-2H3. The number of aliphatic imine (C=N–C) groups is 1. The fourth-order valence-corrected chi connectivity index (χ4v) is 2.44. The summed E-state index contributed by atoms with van der Waals surface area (Å²) in [5.41, 5.74) is 2.66. The van der Waals surface area contributed by atoms with Gasteiger partial charge in [-0.1, -0.05) is 12.1 Å². The minimum Gasteiger partial charge on any atom is -0.476 e. The molecule has 0 N–H and O–H groups in total. The Labute approximate surface area is 110 Å². The maximum atomic E-state index is 5.51. The van der Waals surface area contributed by atoms with Crippen LogP contribution in [0.2, 0.25) is 0 Å². The Morgan fingerprint density at radius 1 is 1.28 bits per heavy atom. The van der Waals surface area contributed by atoms with Crippen LogP contribution < -0.4 is 4.90 Å². The summed E-state index contributed by atoms with van der Waals surface area (Å²) >= 11 is 1.14. The Hall–Kier alpha value is -1.82. The van der Waals surface area contributed by atoms with Crippen LogP contribution in [-0.2, 0) is 4.74 Å². The SMILES string of the molecule is CCOC1=NSN=C2C1=Nc1ccccc1N2C. The molecular weight excluding hydrogens is 248 g/mol. The lowest BCUT2D eigenvalue weighted by molar-refractivity contribution is 0.335. The van der Waals surface area contributed by atoms with Crippen LogP contribution in [0.15, 0.2) is 38.1 Å². The predicted octanol–water partition coefficient (Wildman–Crippen LogP) is 2.62. The van der Waals surface area contributed by atoms with Gasteiger partial charge in [-0.3, -0.25) is 0 Å². The number of para-hydroxylation sites is 2. The molecule has 0 fully saturated rings. The minimum atomic E-state index is 0.550. The van der Waals surface area contributed by atoms with E-state index < -0.39 is 0 Å². The Morgan fingerprint density at radius 3 is 2.94 bits per heavy atom. The lowest BCUT2D eigenvalue weighted by Crippen LogP contribution is -2.41. The van der Waals surface area contributed by atoms with E-state index in [4.69, 9.17) is 4.74 Å². The van der Waals surface area contributed by atoms with Gasteiger partial charge in [0.25, 0.3) is 5.90 Å². The van der Waals surface area contributed by atoms with Crippen molar-refractivity contribution in [3.05, 3.63) is 24.3 Å². The van der Waals surface area contributed by atoms with Crippen molar-refractivity contribution in [3.63, 3.8) is 0 Å². The highest BCUT2D eigenvalue weighted by atomic mass is 32.2. The second kappa shape index (κ2) is 4.45. The number of hydrogen-bond donors (Lipinski definition) is 0. The number of ether oxygens (including phenoxy) is 1. The third kappa shape index (κ3) is 1.69. The summed E-state index contributed by atoms with van der Waals surface area (Å²) in [6, 6.07) is 7.95. The van der Waals surface area contributed by atoms with E-state index in [-0.39, 0.29) is 0 Å². The minimum absolute atomic E-state index is 0.550. The van der Waals surface area contributed by atoms with Crippen molar-refractivity contribution in [2.24, 2.45) is 13.8 Å². The first-order valence-electron chi connectivity index (χ1n) is 5.68. The van der Waals surface area contributed by atoms with E-state index in [0.717, 1.165) is 29.3 Å². The summed E-state index contributed by atoms with van der Waals surface area (Å²) in [6.07, 6.45) is 0. The van der Waals surface area contributed by atoms with Gasteiger partial charge in [-0.2, -0.15) is 8.80 Å². The van der Waals surface area contributed by atoms with Crippen LogP contribution in [0.1, 0.15) is 6.92 Å². The number of nitrogens with zero attached hydrogens (tertiary/aromatic N) is 4. The summed E-state index contributed by atoms with van der Waals surface area (Å²) < 4.78 is 14.0. The van der Waals surface area contributed by atoms with Crippen LogP contribution >= 0.6 is 12.1 Å². The average Bonchev–Trinajstić information content (AvgIpc) is 2.40. The zero-order valence-corrected chi connectivity index (χ0v) is 10.9. The van der Waals surface area contributed by atoms with E-state index >= 15 is 0 Å². The Kier molecular flexibility index (Phi) is 2.79. The molecule has 0 atom stereocenters. The Bertz CT molecular complexity index is 579. The van der Waals surface area contributed by atoms with Crippen molar-refractivity contribution in [1.29, 1.82) is 0 Å². The Morgan fingerprint density at radius 2 is 2.11 bits per heavy atom. The second-order valence-corrected chi connectivity index (χ2v) is 4.36. The van der Waals surface area contributed by atoms with E-state index in [2.05, 4.69) is 13.8 Å². The van der Waals surface area contributed by atoms with Gasteiger partial charge in [0.2, 0.25) is 0 Å². The molecule has 2 aliphatic rings. The van der Waals surface area contributed by atoms with Gasteiger partial charge in [0.1, 0.15) is 12.1 Å². The Balaban J connectivity index is 2.11. The highest BCUT2D eigenvalue weighted by molar-refractivity contribution is 7.97. The number of amidine groups is 1. The molecule has 0 aliphatic carbocycles. The number of benzene rings is 1. The van der Waals surface area contributed by atoms with Crippen LogP contribution in [-0.4, -0.2) is 31.1 Å². The highest BCUT2D eigenvalue weighted by Gasteiger charge is 2.30. The van der Waals surface area contributed by atoms with Crippen molar-refractivity contribution in [3.8, 4) is 0 Å². The molecular formula is C12H12N4OS. The van der Waals surface area contributed by atoms with Crippen molar-refractivity contribution in [2.75, 3.05) is 18.6 Å². The van der Waals surface area contributed by atoms with Crippen molar-refractivity contribution in [1.82, 2.24) is 0 Å². The van der Waals surface area contributed by atoms with E-state index in [1.165, 1.54) is 0 Å². The zero-order chi connectivity index (χ0) is 12.5. The van der Waals surface area contributed by atoms with E-state index in [1.54, 1.807) is 0 Å². The van der Waals surface area contributed by atoms with Crippen LogP contribution in [0.4, 0.5) is 11.4 Å². The van der Waals surface area contributed by atoms with Gasteiger partial charge in [-0.25, -0.2) is 4.99 Å². The van der Waals surface area contributed by atoms with Gasteiger partial charge in [0.15, 0.2) is 11.5 Å². The first-order valence-corrected chi connectivity index (χ1v) is 6.41. The molecule has 1 aromatic rings. The van der Waals surface area contributed by atoms with Gasteiger partial charge in [-0.05, 0) is 19.1 Å². The fraction of sp³-hybridized carbons (Fsp3) is 0.250. The van der Waals surface area contributed by atoms with Gasteiger partial charge >= 0.3 is 0 Å². The van der Waals surface area contributed by atoms with Crippen molar-refractivity contribution in [2.45, 2.75) is 6.92 Å². The monoisotopic (exact) mass is 260 g/mol. The lowest BCUT2D eigenvalue weighted by atomic mass is 10.1. The largest absolute Gasteiger partial charge is 0.476 e. The molecule has 0 unspecified atom stereocenters. The first kappa shape index (κ1) is 11.3. The first-order chi connectivity index (χ1) is 8.81. The molecule has 6 heteroatoms. The summed E-state index contributed by atoms with van der Waals surface area (Å²) in [6.45, 7) is 2.50. The number of rotatable bonds is 1. The van der Waals surface area contributed by atoms with E-state index in [1.807, 2.05) is 43.1 Å². The third-order valence-electron chi connectivity index (χ3n) is 2.74. The summed E-state index contributed by atoms with van der Waals surface area (Å²) in [7, 11) is 1.97. The molecule has 0 saturated carbocycles. The smallest absolute Gasteiger partial charge is 0.252 e. The molecule has 1 aromatic carbocycles. The fourth-order valence-electron chi connectivity index (χ4n) is 1.90. The van der Waals surface area contributed by atoms with Gasteiger partial charge in [0, 0.05) is 7.05 Å². The third-order valence-corrected chi connectivity index (χ3v) is 3.24. The molecule has 0 aromatic heterocycles. The van der Waals surface area contributed by atoms with Crippen LogP contribution in [0.25, 0.3) is 0 Å². The topological polar surface area (TPSA) is 49.6 Å². The van der Waals surface area contributed by atoms with Gasteiger partial charge in [0.05, 0.1) is 18.0 Å². The summed E-state index contributed by atoms with van der Waals surface area (Å²) in [5, 5.41) is 0. The molecule has 92 valence electrons. The van der Waals surface area contributed by atoms with Crippen LogP contribution in [0.3, 0.4) is 0 Å². The lowest BCUT2D eigenvalue weighted by Gasteiger charge is -2.29. The molecule has 0 bridgehead atoms. The predicted molar refractivity (Wildman–Crippen MR) is 76.0 cm³/mol. The van der Waals surface area contributed by atoms with Gasteiger partial charge in [-0.15, -0.1) is 0 Å². The average molecular weight is 260 g/mol. The number of hydrogen-bond acceptors (Lipinski definition) is 6. The molecule has 2 heterocycles. The molecule has 5 nitrogen and oxygen atoms in total. The molecule has 0 radical (unpaired) electrons. The van der Waals surface area contributed by atoms with Gasteiger partial charge < -0.3 is 9.64 Å². The maximum Gasteiger partial charge on any atom is 0.252 e. The molecule has 0 spiro atoms. The quantitative estimate of drug-likeness (QED) is 0.729. The molecule has 3 rings (SSSR count). The molecule has 0 saturated heterocycles. The molecule has 0 amide bonds. The zero-order valence-electron chi connectivity index (χ0n) is 10.1. The second-order valence-electron chi connectivity index (χ2n) is 3.83.